The Kier molecular flexibility index (Phi) is 4.13. The van der Waals surface area contributed by atoms with Crippen molar-refractivity contribution in [1.82, 2.24) is 0 Å². The molecule has 0 amide bonds. The van der Waals surface area contributed by atoms with Gasteiger partial charge in [0.1, 0.15) is 0 Å². The van der Waals surface area contributed by atoms with Crippen molar-refractivity contribution in [1.29, 1.82) is 0 Å². The van der Waals surface area contributed by atoms with Crippen LogP contribution in [0.2, 0.25) is 0 Å². The molecule has 2 aromatic carbocycles. The van der Waals surface area contributed by atoms with Gasteiger partial charge in [0.2, 0.25) is 0 Å². The van der Waals surface area contributed by atoms with Crippen LogP contribution in [-0.2, 0) is 5.75 Å². The summed E-state index contributed by atoms with van der Waals surface area (Å²) >= 11 is 5.32. The van der Waals surface area contributed by atoms with Crippen molar-refractivity contribution in [2.24, 2.45) is 0 Å². The largest absolute Gasteiger partial charge is 0.398 e. The van der Waals surface area contributed by atoms with E-state index in [4.69, 9.17) is 5.73 Å². The van der Waals surface area contributed by atoms with Gasteiger partial charge in [-0.05, 0) is 36.2 Å². The van der Waals surface area contributed by atoms with E-state index < -0.39 is 0 Å². The lowest BCUT2D eigenvalue weighted by Gasteiger charge is -2.07. The molecule has 0 unspecified atom stereocenters. The molecule has 0 spiro atoms. The summed E-state index contributed by atoms with van der Waals surface area (Å²) in [4.78, 5) is 1.14. The van der Waals surface area contributed by atoms with Crippen molar-refractivity contribution in [3.63, 3.8) is 0 Å². The monoisotopic (exact) mass is 307 g/mol. The first-order valence-electron chi connectivity index (χ1n) is 5.39. The van der Waals surface area contributed by atoms with Gasteiger partial charge in [-0.15, -0.1) is 11.8 Å². The van der Waals surface area contributed by atoms with E-state index in [-0.39, 0.29) is 0 Å². The molecule has 88 valence electrons. The molecule has 0 fully saturated rings. The molecule has 2 N–H and O–H groups in total. The zero-order valence-electron chi connectivity index (χ0n) is 9.61. The number of aryl methyl sites for hydroxylation is 1. The van der Waals surface area contributed by atoms with Gasteiger partial charge in [0.25, 0.3) is 0 Å². The van der Waals surface area contributed by atoms with Gasteiger partial charge in [0, 0.05) is 20.8 Å². The van der Waals surface area contributed by atoms with Crippen LogP contribution in [0.15, 0.2) is 51.8 Å². The highest BCUT2D eigenvalue weighted by Gasteiger charge is 2.03. The van der Waals surface area contributed by atoms with Crippen molar-refractivity contribution >= 4 is 33.4 Å². The SMILES string of the molecule is Cc1ccc(SCc2ccccc2Br)c(N)c1. The van der Waals surface area contributed by atoms with E-state index in [0.717, 1.165) is 20.8 Å². The molecule has 0 heterocycles. The normalized spacial score (nSPS) is 10.5. The number of nitrogens with two attached hydrogens (primary N) is 1. The van der Waals surface area contributed by atoms with Gasteiger partial charge in [0.15, 0.2) is 0 Å². The fourth-order valence-electron chi connectivity index (χ4n) is 1.57. The van der Waals surface area contributed by atoms with Gasteiger partial charge >= 0.3 is 0 Å². The number of rotatable bonds is 3. The predicted molar refractivity (Wildman–Crippen MR) is 79.3 cm³/mol. The summed E-state index contributed by atoms with van der Waals surface area (Å²) in [6.45, 7) is 2.05. The molecule has 1 nitrogen and oxygen atoms in total. The Morgan fingerprint density at radius 2 is 1.94 bits per heavy atom. The number of anilines is 1. The van der Waals surface area contributed by atoms with Crippen molar-refractivity contribution < 1.29 is 0 Å². The smallest absolute Gasteiger partial charge is 0.0454 e. The molecule has 0 aliphatic rings. The summed E-state index contributed by atoms with van der Waals surface area (Å²) < 4.78 is 1.15. The van der Waals surface area contributed by atoms with Crippen LogP contribution in [0.5, 0.6) is 0 Å². The second-order valence-electron chi connectivity index (χ2n) is 3.92. The zero-order chi connectivity index (χ0) is 12.3. The van der Waals surface area contributed by atoms with Crippen molar-refractivity contribution in [3.8, 4) is 0 Å². The fraction of sp³-hybridized carbons (Fsp3) is 0.143. The molecule has 0 radical (unpaired) electrons. The first kappa shape index (κ1) is 12.5. The third-order valence-electron chi connectivity index (χ3n) is 2.51. The van der Waals surface area contributed by atoms with Gasteiger partial charge in [0.05, 0.1) is 0 Å². The Hall–Kier alpha value is -0.930. The maximum absolute atomic E-state index is 5.99. The first-order chi connectivity index (χ1) is 8.16. The molecule has 17 heavy (non-hydrogen) atoms. The average molecular weight is 308 g/mol. The minimum atomic E-state index is 0.863. The lowest BCUT2D eigenvalue weighted by molar-refractivity contribution is 1.34. The number of hydrogen-bond acceptors (Lipinski definition) is 2. The number of thioether (sulfide) groups is 1. The van der Waals surface area contributed by atoms with E-state index in [2.05, 4.69) is 53.2 Å². The van der Waals surface area contributed by atoms with Gasteiger partial charge < -0.3 is 5.73 Å². The van der Waals surface area contributed by atoms with Crippen LogP contribution in [0.1, 0.15) is 11.1 Å². The van der Waals surface area contributed by atoms with E-state index in [9.17, 15) is 0 Å². The maximum atomic E-state index is 5.99. The minimum Gasteiger partial charge on any atom is -0.398 e. The van der Waals surface area contributed by atoms with Crippen LogP contribution >= 0.6 is 27.7 Å². The standard InChI is InChI=1S/C14H14BrNS/c1-10-6-7-14(13(16)8-10)17-9-11-4-2-3-5-12(11)15/h2-8H,9,16H2,1H3. The second kappa shape index (κ2) is 5.61. The molecule has 0 bridgehead atoms. The Morgan fingerprint density at radius 1 is 1.18 bits per heavy atom. The molecule has 0 aliphatic carbocycles. The quantitative estimate of drug-likeness (QED) is 0.661. The van der Waals surface area contributed by atoms with E-state index in [1.54, 1.807) is 11.8 Å². The fourth-order valence-corrected chi connectivity index (χ4v) is 3.13. The molecular formula is C14H14BrNS. The molecule has 0 aliphatic heterocycles. The van der Waals surface area contributed by atoms with Crippen molar-refractivity contribution in [3.05, 3.63) is 58.1 Å². The Bertz CT molecular complexity index is 525. The molecule has 2 aromatic rings. The summed E-state index contributed by atoms with van der Waals surface area (Å²) in [6, 6.07) is 14.5. The van der Waals surface area contributed by atoms with Gasteiger partial charge in [-0.3, -0.25) is 0 Å². The molecule has 2 rings (SSSR count). The van der Waals surface area contributed by atoms with Gasteiger partial charge in [-0.25, -0.2) is 0 Å². The van der Waals surface area contributed by atoms with E-state index in [0.29, 0.717) is 0 Å². The van der Waals surface area contributed by atoms with Crippen molar-refractivity contribution in [2.45, 2.75) is 17.6 Å². The summed E-state index contributed by atoms with van der Waals surface area (Å²) in [5.41, 5.74) is 9.34. The molecular weight excluding hydrogens is 294 g/mol. The first-order valence-corrected chi connectivity index (χ1v) is 7.17. The number of benzene rings is 2. The summed E-state index contributed by atoms with van der Waals surface area (Å²) in [5.74, 6) is 0.925. The van der Waals surface area contributed by atoms with E-state index in [1.807, 2.05) is 12.1 Å². The highest BCUT2D eigenvalue weighted by atomic mass is 79.9. The third kappa shape index (κ3) is 3.27. The number of halogens is 1. The number of nitrogen functional groups attached to an aromatic ring is 1. The Morgan fingerprint density at radius 3 is 2.65 bits per heavy atom. The summed E-state index contributed by atoms with van der Waals surface area (Å²) in [7, 11) is 0. The summed E-state index contributed by atoms with van der Waals surface area (Å²) in [5, 5.41) is 0. The lowest BCUT2D eigenvalue weighted by atomic mass is 10.2. The Labute approximate surface area is 115 Å². The average Bonchev–Trinajstić information content (AvgIpc) is 2.30. The molecule has 0 aromatic heterocycles. The van der Waals surface area contributed by atoms with Crippen LogP contribution in [0.4, 0.5) is 5.69 Å². The molecule has 0 saturated carbocycles. The highest BCUT2D eigenvalue weighted by molar-refractivity contribution is 9.10. The van der Waals surface area contributed by atoms with Gasteiger partial charge in [-0.2, -0.15) is 0 Å². The zero-order valence-corrected chi connectivity index (χ0v) is 12.0. The highest BCUT2D eigenvalue weighted by Crippen LogP contribution is 2.30. The van der Waals surface area contributed by atoms with Crippen LogP contribution in [0.3, 0.4) is 0 Å². The molecule has 3 heteroatoms. The number of hydrogen-bond donors (Lipinski definition) is 1. The third-order valence-corrected chi connectivity index (χ3v) is 4.42. The van der Waals surface area contributed by atoms with E-state index >= 15 is 0 Å². The lowest BCUT2D eigenvalue weighted by Crippen LogP contribution is -1.90. The van der Waals surface area contributed by atoms with Crippen LogP contribution in [-0.4, -0.2) is 0 Å². The van der Waals surface area contributed by atoms with Crippen molar-refractivity contribution in [2.75, 3.05) is 5.73 Å². The maximum Gasteiger partial charge on any atom is 0.0454 e. The minimum absolute atomic E-state index is 0.863. The van der Waals surface area contributed by atoms with Crippen LogP contribution < -0.4 is 5.73 Å². The summed E-state index contributed by atoms with van der Waals surface area (Å²) in [6.07, 6.45) is 0. The predicted octanol–water partition coefficient (Wildman–Crippen LogP) is 4.63. The second-order valence-corrected chi connectivity index (χ2v) is 5.79. The van der Waals surface area contributed by atoms with E-state index in [1.165, 1.54) is 11.1 Å². The van der Waals surface area contributed by atoms with Gasteiger partial charge in [-0.1, -0.05) is 40.2 Å². The Balaban J connectivity index is 2.10. The molecule has 0 atom stereocenters. The molecule has 0 saturated heterocycles. The topological polar surface area (TPSA) is 26.0 Å². The van der Waals surface area contributed by atoms with Crippen LogP contribution in [0, 0.1) is 6.92 Å². The van der Waals surface area contributed by atoms with Crippen LogP contribution in [0.25, 0.3) is 0 Å².